The summed E-state index contributed by atoms with van der Waals surface area (Å²) >= 11 is 1.58. The minimum Gasteiger partial charge on any atom is -0.493 e. The first-order chi connectivity index (χ1) is 13.7. The van der Waals surface area contributed by atoms with Gasteiger partial charge in [0.15, 0.2) is 16.3 Å². The molecule has 2 heterocycles. The molecule has 4 rings (SSSR count). The number of hydrogen-bond acceptors (Lipinski definition) is 5. The predicted molar refractivity (Wildman–Crippen MR) is 111 cm³/mol. The third kappa shape index (κ3) is 4.26. The maximum atomic E-state index is 8.07. The molecule has 0 atom stereocenters. The Bertz CT molecular complexity index is 1120. The van der Waals surface area contributed by atoms with Crippen molar-refractivity contribution in [2.75, 3.05) is 12.4 Å². The zero-order valence-electron chi connectivity index (χ0n) is 15.6. The van der Waals surface area contributed by atoms with Gasteiger partial charge in [-0.25, -0.2) is 9.97 Å². The fourth-order valence-electron chi connectivity index (χ4n) is 2.86. The van der Waals surface area contributed by atoms with Gasteiger partial charge in [0.05, 0.1) is 19.5 Å². The van der Waals surface area contributed by atoms with Crippen molar-refractivity contribution in [3.63, 3.8) is 0 Å². The Kier molecular flexibility index (Phi) is 5.43. The lowest BCUT2D eigenvalue weighted by molar-refractivity contribution is 0.344. The van der Waals surface area contributed by atoms with E-state index in [9.17, 15) is 0 Å². The second kappa shape index (κ2) is 8.31. The highest BCUT2D eigenvalue weighted by molar-refractivity contribution is 7.99. The average Bonchev–Trinajstić information content (AvgIpc) is 3.15. The van der Waals surface area contributed by atoms with Crippen LogP contribution in [0.4, 0.5) is 0 Å². The van der Waals surface area contributed by atoms with Crippen LogP contribution in [0.15, 0.2) is 66.1 Å². The Hall–Kier alpha value is -3.06. The number of hydrogen-bond donors (Lipinski definition) is 2. The van der Waals surface area contributed by atoms with Gasteiger partial charge >= 0.3 is 0 Å². The first-order valence-corrected chi connectivity index (χ1v) is 10.0. The van der Waals surface area contributed by atoms with E-state index < -0.39 is 0 Å². The van der Waals surface area contributed by atoms with Gasteiger partial charge in [0.2, 0.25) is 0 Å². The second-order valence-electron chi connectivity index (χ2n) is 6.46. The van der Waals surface area contributed by atoms with E-state index in [4.69, 9.17) is 10.1 Å². The van der Waals surface area contributed by atoms with Crippen molar-refractivity contribution >= 4 is 22.9 Å². The summed E-state index contributed by atoms with van der Waals surface area (Å²) in [6, 6.07) is 18.2. The van der Waals surface area contributed by atoms with Crippen molar-refractivity contribution in [2.24, 2.45) is 0 Å². The highest BCUT2D eigenvalue weighted by Gasteiger charge is 2.10. The number of ether oxygens (including phenoxy) is 1. The Morgan fingerprint density at radius 1 is 1.11 bits per heavy atom. The maximum absolute atomic E-state index is 8.07. The fourth-order valence-corrected chi connectivity index (χ4v) is 3.54. The molecule has 0 unspecified atom stereocenters. The minimum absolute atomic E-state index is 0.203. The van der Waals surface area contributed by atoms with E-state index in [1.165, 1.54) is 5.56 Å². The van der Waals surface area contributed by atoms with E-state index >= 15 is 0 Å². The Balaban J connectivity index is 1.44. The molecule has 0 saturated heterocycles. The summed E-state index contributed by atoms with van der Waals surface area (Å²) in [5, 5.41) is 8.84. The molecule has 28 heavy (non-hydrogen) atoms. The molecular formula is C21H21N5OS. The maximum Gasteiger partial charge on any atom is 0.173 e. The van der Waals surface area contributed by atoms with Crippen molar-refractivity contribution < 1.29 is 4.74 Å². The van der Waals surface area contributed by atoms with Gasteiger partial charge in [-0.1, -0.05) is 59.8 Å². The van der Waals surface area contributed by atoms with Crippen molar-refractivity contribution in [2.45, 2.75) is 18.6 Å². The number of H-pyrrole nitrogens is 1. The number of aryl methyl sites for hydroxylation is 1. The smallest absolute Gasteiger partial charge is 0.173 e. The number of thioether (sulfide) groups is 1. The minimum atomic E-state index is 0.203. The molecule has 0 aliphatic heterocycles. The zero-order valence-corrected chi connectivity index (χ0v) is 16.4. The molecule has 0 radical (unpaired) electrons. The van der Waals surface area contributed by atoms with Crippen LogP contribution in [-0.2, 0) is 6.54 Å². The molecule has 142 valence electrons. The van der Waals surface area contributed by atoms with Crippen LogP contribution in [0.1, 0.15) is 11.1 Å². The fraction of sp³-hybridized carbons (Fsp3) is 0.190. The molecule has 4 aromatic rings. The summed E-state index contributed by atoms with van der Waals surface area (Å²) < 4.78 is 7.73. The Labute approximate surface area is 167 Å². The number of fused-ring (bicyclic) bond motifs is 1. The van der Waals surface area contributed by atoms with Crippen LogP contribution in [0, 0.1) is 12.3 Å². The average molecular weight is 392 g/mol. The molecule has 2 aromatic carbocycles. The molecule has 7 heteroatoms. The topological polar surface area (TPSA) is 79.6 Å². The van der Waals surface area contributed by atoms with Crippen LogP contribution >= 0.6 is 11.8 Å². The lowest BCUT2D eigenvalue weighted by Gasteiger charge is -2.06. The predicted octanol–water partition coefficient (Wildman–Crippen LogP) is 3.77. The first-order valence-electron chi connectivity index (χ1n) is 9.05. The standard InChI is InChI=1S/C21H21N5OS/c1-15-7-9-17(10-8-15)27-11-12-28-21-24-18-19(22)23-14-26(20(18)25-21)13-16-5-3-2-4-6-16/h2-10,14,22H,11-13H2,1H3,(H,24,25). The van der Waals surface area contributed by atoms with E-state index in [1.807, 2.05) is 47.0 Å². The van der Waals surface area contributed by atoms with Gasteiger partial charge in [0, 0.05) is 5.75 Å². The molecule has 2 aromatic heterocycles. The molecule has 0 saturated carbocycles. The number of benzene rings is 2. The quantitative estimate of drug-likeness (QED) is 0.371. The summed E-state index contributed by atoms with van der Waals surface area (Å²) in [6.45, 7) is 3.30. The summed E-state index contributed by atoms with van der Waals surface area (Å²) in [6.07, 6.45) is 1.67. The number of nitrogens with one attached hydrogen (secondary N) is 2. The highest BCUT2D eigenvalue weighted by Crippen LogP contribution is 2.19. The van der Waals surface area contributed by atoms with E-state index in [-0.39, 0.29) is 5.49 Å². The summed E-state index contributed by atoms with van der Waals surface area (Å²) in [4.78, 5) is 12.1. The Morgan fingerprint density at radius 2 is 1.89 bits per heavy atom. The van der Waals surface area contributed by atoms with Crippen LogP contribution in [-0.4, -0.2) is 31.9 Å². The normalized spacial score (nSPS) is 11.0. The van der Waals surface area contributed by atoms with E-state index in [1.54, 1.807) is 18.1 Å². The Morgan fingerprint density at radius 3 is 2.68 bits per heavy atom. The van der Waals surface area contributed by atoms with Crippen LogP contribution in [0.2, 0.25) is 0 Å². The molecule has 0 spiro atoms. The van der Waals surface area contributed by atoms with Gasteiger partial charge < -0.3 is 14.3 Å². The lowest BCUT2D eigenvalue weighted by Crippen LogP contribution is -2.13. The first kappa shape index (κ1) is 18.3. The van der Waals surface area contributed by atoms with Crippen LogP contribution in [0.25, 0.3) is 11.2 Å². The van der Waals surface area contributed by atoms with Gasteiger partial charge in [0.25, 0.3) is 0 Å². The number of imidazole rings is 1. The lowest BCUT2D eigenvalue weighted by atomic mass is 10.2. The van der Waals surface area contributed by atoms with Crippen LogP contribution in [0.5, 0.6) is 5.75 Å². The van der Waals surface area contributed by atoms with Crippen molar-refractivity contribution in [3.8, 4) is 5.75 Å². The van der Waals surface area contributed by atoms with E-state index in [0.29, 0.717) is 18.7 Å². The van der Waals surface area contributed by atoms with E-state index in [0.717, 1.165) is 27.9 Å². The number of aromatic amines is 1. The van der Waals surface area contributed by atoms with Gasteiger partial charge in [-0.2, -0.15) is 0 Å². The zero-order chi connectivity index (χ0) is 19.3. The molecule has 0 fully saturated rings. The number of nitrogens with zero attached hydrogens (tertiary/aromatic N) is 3. The van der Waals surface area contributed by atoms with Crippen molar-refractivity contribution in [3.05, 3.63) is 77.5 Å². The highest BCUT2D eigenvalue weighted by atomic mass is 32.2. The molecule has 2 N–H and O–H groups in total. The van der Waals surface area contributed by atoms with Crippen LogP contribution < -0.4 is 10.2 Å². The van der Waals surface area contributed by atoms with Crippen LogP contribution in [0.3, 0.4) is 0 Å². The monoisotopic (exact) mass is 391 g/mol. The van der Waals surface area contributed by atoms with Gasteiger partial charge in [-0.15, -0.1) is 0 Å². The number of aromatic nitrogens is 4. The number of rotatable bonds is 7. The molecule has 0 amide bonds. The molecular weight excluding hydrogens is 370 g/mol. The van der Waals surface area contributed by atoms with Gasteiger partial charge in [-0.05, 0) is 24.6 Å². The van der Waals surface area contributed by atoms with Crippen molar-refractivity contribution in [1.29, 1.82) is 5.41 Å². The largest absolute Gasteiger partial charge is 0.493 e. The molecule has 0 aliphatic rings. The third-order valence-corrected chi connectivity index (χ3v) is 5.14. The SMILES string of the molecule is Cc1ccc(OCCSc2nc3c([nH]2)c(=N)ncn3Cc2ccccc2)cc1. The van der Waals surface area contributed by atoms with E-state index in [2.05, 4.69) is 34.0 Å². The molecule has 6 nitrogen and oxygen atoms in total. The summed E-state index contributed by atoms with van der Waals surface area (Å²) in [5.74, 6) is 1.63. The summed E-state index contributed by atoms with van der Waals surface area (Å²) in [5.41, 5.74) is 3.98. The van der Waals surface area contributed by atoms with Gasteiger partial charge in [0.1, 0.15) is 11.3 Å². The second-order valence-corrected chi connectivity index (χ2v) is 7.54. The van der Waals surface area contributed by atoms with Crippen molar-refractivity contribution in [1.82, 2.24) is 19.5 Å². The molecule has 0 bridgehead atoms. The summed E-state index contributed by atoms with van der Waals surface area (Å²) in [7, 11) is 0. The van der Waals surface area contributed by atoms with Gasteiger partial charge in [-0.3, -0.25) is 5.41 Å². The third-order valence-electron chi connectivity index (χ3n) is 4.31. The molecule has 0 aliphatic carbocycles.